The van der Waals surface area contributed by atoms with Crippen molar-refractivity contribution in [3.05, 3.63) is 71.4 Å². The molecule has 1 aliphatic heterocycles. The van der Waals surface area contributed by atoms with Crippen LogP contribution in [-0.2, 0) is 0 Å². The summed E-state index contributed by atoms with van der Waals surface area (Å²) in [4.78, 5) is 13.1. The van der Waals surface area contributed by atoms with Crippen LogP contribution in [0.5, 0.6) is 0 Å². The number of piperidine rings is 1. The third-order valence-electron chi connectivity index (χ3n) is 5.06. The van der Waals surface area contributed by atoms with Crippen LogP contribution in [0.15, 0.2) is 60.8 Å². The molecule has 0 radical (unpaired) electrons. The minimum Gasteiger partial charge on any atom is -0.349 e. The molecule has 3 aromatic rings. The van der Waals surface area contributed by atoms with Gasteiger partial charge in [-0.25, -0.2) is 4.68 Å². The monoisotopic (exact) mass is 394 g/mol. The Morgan fingerprint density at radius 2 is 1.93 bits per heavy atom. The van der Waals surface area contributed by atoms with Gasteiger partial charge in [0.25, 0.3) is 5.91 Å². The molecule has 28 heavy (non-hydrogen) atoms. The summed E-state index contributed by atoms with van der Waals surface area (Å²) < 4.78 is 1.75. The van der Waals surface area contributed by atoms with Gasteiger partial charge in [-0.05, 0) is 50.6 Å². The van der Waals surface area contributed by atoms with Gasteiger partial charge in [-0.15, -0.1) is 0 Å². The molecule has 2 aromatic carbocycles. The SMILES string of the molecule is CC1CC(NC(=O)c2cn(-c3ccccc3)nc2-c2ccc(Cl)cc2)CCN1. The lowest BCUT2D eigenvalue weighted by Crippen LogP contribution is -2.46. The topological polar surface area (TPSA) is 59.0 Å². The molecule has 1 aliphatic rings. The fourth-order valence-electron chi connectivity index (χ4n) is 3.60. The van der Waals surface area contributed by atoms with E-state index in [1.807, 2.05) is 54.6 Å². The molecule has 1 aromatic heterocycles. The maximum Gasteiger partial charge on any atom is 0.255 e. The minimum absolute atomic E-state index is 0.0915. The Bertz CT molecular complexity index is 952. The number of hydrogen-bond donors (Lipinski definition) is 2. The van der Waals surface area contributed by atoms with Gasteiger partial charge >= 0.3 is 0 Å². The van der Waals surface area contributed by atoms with Crippen molar-refractivity contribution >= 4 is 17.5 Å². The van der Waals surface area contributed by atoms with Crippen LogP contribution in [0.3, 0.4) is 0 Å². The van der Waals surface area contributed by atoms with Crippen molar-refractivity contribution in [2.45, 2.75) is 31.8 Å². The summed E-state index contributed by atoms with van der Waals surface area (Å²) in [5.41, 5.74) is 2.99. The van der Waals surface area contributed by atoms with E-state index in [4.69, 9.17) is 16.7 Å². The standard InChI is InChI=1S/C22H23ClN4O/c1-15-13-18(11-12-24-15)25-22(28)20-14-27(19-5-3-2-4-6-19)26-21(20)16-7-9-17(23)10-8-16/h2-10,14-15,18,24H,11-13H2,1H3,(H,25,28). The van der Waals surface area contributed by atoms with Crippen LogP contribution in [0.25, 0.3) is 16.9 Å². The highest BCUT2D eigenvalue weighted by Crippen LogP contribution is 2.25. The number of halogens is 1. The number of nitrogens with zero attached hydrogens (tertiary/aromatic N) is 2. The van der Waals surface area contributed by atoms with E-state index in [0.29, 0.717) is 22.3 Å². The van der Waals surface area contributed by atoms with Crippen molar-refractivity contribution < 1.29 is 4.79 Å². The predicted molar refractivity (Wildman–Crippen MR) is 112 cm³/mol. The molecule has 5 nitrogen and oxygen atoms in total. The molecular weight excluding hydrogens is 372 g/mol. The van der Waals surface area contributed by atoms with E-state index in [0.717, 1.165) is 30.6 Å². The van der Waals surface area contributed by atoms with Crippen LogP contribution in [0.2, 0.25) is 5.02 Å². The molecule has 0 bridgehead atoms. The van der Waals surface area contributed by atoms with Crippen molar-refractivity contribution in [3.63, 3.8) is 0 Å². The molecule has 4 rings (SSSR count). The molecule has 2 atom stereocenters. The number of aromatic nitrogens is 2. The summed E-state index contributed by atoms with van der Waals surface area (Å²) in [5, 5.41) is 12.0. The Labute approximate surface area is 169 Å². The number of benzene rings is 2. The number of carbonyl (C=O) groups is 1. The number of carbonyl (C=O) groups excluding carboxylic acids is 1. The van der Waals surface area contributed by atoms with E-state index in [-0.39, 0.29) is 11.9 Å². The summed E-state index contributed by atoms with van der Waals surface area (Å²) in [6.45, 7) is 3.06. The molecule has 2 heterocycles. The molecule has 2 N–H and O–H groups in total. The van der Waals surface area contributed by atoms with Crippen molar-refractivity contribution in [2.75, 3.05) is 6.54 Å². The Hall–Kier alpha value is -2.63. The van der Waals surface area contributed by atoms with Gasteiger partial charge in [-0.1, -0.05) is 41.9 Å². The van der Waals surface area contributed by atoms with Gasteiger partial charge in [0, 0.05) is 28.9 Å². The Morgan fingerprint density at radius 1 is 1.18 bits per heavy atom. The molecule has 2 unspecified atom stereocenters. The lowest BCUT2D eigenvalue weighted by Gasteiger charge is -2.28. The van der Waals surface area contributed by atoms with Gasteiger partial charge in [0.15, 0.2) is 0 Å². The zero-order valence-corrected chi connectivity index (χ0v) is 16.5. The van der Waals surface area contributed by atoms with Crippen LogP contribution in [0.4, 0.5) is 0 Å². The highest BCUT2D eigenvalue weighted by molar-refractivity contribution is 6.30. The molecule has 1 fully saturated rings. The number of nitrogens with one attached hydrogen (secondary N) is 2. The summed E-state index contributed by atoms with van der Waals surface area (Å²) in [6.07, 6.45) is 3.66. The normalized spacial score (nSPS) is 19.4. The molecule has 144 valence electrons. The highest BCUT2D eigenvalue weighted by atomic mass is 35.5. The highest BCUT2D eigenvalue weighted by Gasteiger charge is 2.24. The van der Waals surface area contributed by atoms with Crippen molar-refractivity contribution in [2.24, 2.45) is 0 Å². The lowest BCUT2D eigenvalue weighted by atomic mass is 10.00. The van der Waals surface area contributed by atoms with E-state index in [1.54, 1.807) is 10.9 Å². The Kier molecular flexibility index (Phi) is 5.46. The van der Waals surface area contributed by atoms with E-state index >= 15 is 0 Å². The number of rotatable bonds is 4. The fraction of sp³-hybridized carbons (Fsp3) is 0.273. The van der Waals surface area contributed by atoms with Crippen molar-refractivity contribution in [3.8, 4) is 16.9 Å². The molecule has 1 amide bonds. The Balaban J connectivity index is 1.68. The second-order valence-electron chi connectivity index (χ2n) is 7.23. The summed E-state index contributed by atoms with van der Waals surface area (Å²) in [5.74, 6) is -0.0915. The van der Waals surface area contributed by atoms with Gasteiger partial charge < -0.3 is 10.6 Å². The van der Waals surface area contributed by atoms with Gasteiger partial charge in [0.05, 0.1) is 11.3 Å². The largest absolute Gasteiger partial charge is 0.349 e. The molecule has 1 saturated heterocycles. The average molecular weight is 395 g/mol. The molecule has 0 aliphatic carbocycles. The predicted octanol–water partition coefficient (Wildman–Crippen LogP) is 4.06. The Morgan fingerprint density at radius 3 is 2.64 bits per heavy atom. The second kappa shape index (κ2) is 8.17. The van der Waals surface area contributed by atoms with Crippen LogP contribution in [0.1, 0.15) is 30.1 Å². The van der Waals surface area contributed by atoms with E-state index in [9.17, 15) is 4.79 Å². The second-order valence-corrected chi connectivity index (χ2v) is 7.66. The third kappa shape index (κ3) is 4.11. The summed E-state index contributed by atoms with van der Waals surface area (Å²) >= 11 is 6.03. The van der Waals surface area contributed by atoms with Gasteiger partial charge in [-0.2, -0.15) is 5.10 Å². The maximum atomic E-state index is 13.1. The zero-order valence-electron chi connectivity index (χ0n) is 15.7. The molecular formula is C22H23ClN4O. The molecule has 0 spiro atoms. The van der Waals surface area contributed by atoms with E-state index < -0.39 is 0 Å². The quantitative estimate of drug-likeness (QED) is 0.701. The number of hydrogen-bond acceptors (Lipinski definition) is 3. The number of amides is 1. The first-order chi connectivity index (χ1) is 13.6. The maximum absolute atomic E-state index is 13.1. The van der Waals surface area contributed by atoms with Crippen LogP contribution in [0, 0.1) is 0 Å². The first-order valence-corrected chi connectivity index (χ1v) is 9.93. The fourth-order valence-corrected chi connectivity index (χ4v) is 3.73. The summed E-state index contributed by atoms with van der Waals surface area (Å²) in [6, 6.07) is 17.8. The minimum atomic E-state index is -0.0915. The lowest BCUT2D eigenvalue weighted by molar-refractivity contribution is 0.0926. The average Bonchev–Trinajstić information content (AvgIpc) is 3.15. The van der Waals surface area contributed by atoms with Crippen LogP contribution in [-0.4, -0.2) is 34.3 Å². The van der Waals surface area contributed by atoms with Crippen LogP contribution >= 0.6 is 11.6 Å². The van der Waals surface area contributed by atoms with Gasteiger partial charge in [-0.3, -0.25) is 4.79 Å². The van der Waals surface area contributed by atoms with Crippen LogP contribution < -0.4 is 10.6 Å². The van der Waals surface area contributed by atoms with Gasteiger partial charge in [0.1, 0.15) is 5.69 Å². The van der Waals surface area contributed by atoms with E-state index in [1.165, 1.54) is 0 Å². The zero-order chi connectivity index (χ0) is 19.5. The third-order valence-corrected chi connectivity index (χ3v) is 5.31. The van der Waals surface area contributed by atoms with E-state index in [2.05, 4.69) is 17.6 Å². The summed E-state index contributed by atoms with van der Waals surface area (Å²) in [7, 11) is 0. The first kappa shape index (κ1) is 18.7. The van der Waals surface area contributed by atoms with Crippen molar-refractivity contribution in [1.82, 2.24) is 20.4 Å². The molecule has 0 saturated carbocycles. The van der Waals surface area contributed by atoms with Crippen molar-refractivity contribution in [1.29, 1.82) is 0 Å². The molecule has 6 heteroatoms. The number of para-hydroxylation sites is 1. The first-order valence-electron chi connectivity index (χ1n) is 9.55. The van der Waals surface area contributed by atoms with Gasteiger partial charge in [0.2, 0.25) is 0 Å². The smallest absolute Gasteiger partial charge is 0.255 e.